The minimum atomic E-state index is 0.00758. The summed E-state index contributed by atoms with van der Waals surface area (Å²) in [5, 5.41) is 6.09. The third-order valence-corrected chi connectivity index (χ3v) is 6.65. The molecule has 0 radical (unpaired) electrons. The number of hydrogen-bond donors (Lipinski definition) is 1. The Balaban J connectivity index is 1.40. The number of nitrogens with one attached hydrogen (secondary N) is 1. The van der Waals surface area contributed by atoms with Gasteiger partial charge in [-0.05, 0) is 56.6 Å². The van der Waals surface area contributed by atoms with E-state index in [1.54, 1.807) is 18.4 Å². The predicted molar refractivity (Wildman–Crippen MR) is 126 cm³/mol. The number of amides is 1. The van der Waals surface area contributed by atoms with Gasteiger partial charge >= 0.3 is 0 Å². The fraction of sp³-hybridized carbons (Fsp3) is 0.360. The van der Waals surface area contributed by atoms with Gasteiger partial charge in [0.15, 0.2) is 0 Å². The van der Waals surface area contributed by atoms with Crippen molar-refractivity contribution in [2.45, 2.75) is 32.2 Å². The van der Waals surface area contributed by atoms with Crippen LogP contribution in [0.5, 0.6) is 5.75 Å². The van der Waals surface area contributed by atoms with E-state index in [0.717, 1.165) is 35.1 Å². The largest absolute Gasteiger partial charge is 0.497 e. The van der Waals surface area contributed by atoms with Crippen molar-refractivity contribution in [2.75, 3.05) is 26.7 Å². The highest BCUT2D eigenvalue weighted by atomic mass is 32.1. The number of carbonyl (C=O) groups excluding carboxylic acids is 1. The molecule has 4 rings (SSSR count). The number of ether oxygens (including phenoxy) is 1. The first-order valence-electron chi connectivity index (χ1n) is 10.8. The molecule has 1 fully saturated rings. The van der Waals surface area contributed by atoms with Crippen molar-refractivity contribution in [1.29, 1.82) is 0 Å². The molecule has 1 aliphatic rings. The lowest BCUT2D eigenvalue weighted by atomic mass is 10.0. The van der Waals surface area contributed by atoms with Crippen molar-refractivity contribution in [3.8, 4) is 16.3 Å². The van der Waals surface area contributed by atoms with Gasteiger partial charge in [-0.15, -0.1) is 11.3 Å². The third-order valence-electron chi connectivity index (χ3n) is 5.71. The fourth-order valence-electron chi connectivity index (χ4n) is 4.10. The molecule has 1 amide bonds. The van der Waals surface area contributed by atoms with Crippen LogP contribution in [0, 0.1) is 6.92 Å². The zero-order valence-electron chi connectivity index (χ0n) is 18.1. The minimum Gasteiger partial charge on any atom is -0.497 e. The van der Waals surface area contributed by atoms with E-state index in [0.29, 0.717) is 13.0 Å². The van der Waals surface area contributed by atoms with E-state index in [4.69, 9.17) is 4.74 Å². The molecule has 2 heterocycles. The molecule has 1 aromatic heterocycles. The van der Waals surface area contributed by atoms with Gasteiger partial charge in [0.2, 0.25) is 5.91 Å². The van der Waals surface area contributed by atoms with Crippen LogP contribution >= 0.6 is 11.3 Å². The highest BCUT2D eigenvalue weighted by Crippen LogP contribution is 2.27. The zero-order chi connectivity index (χ0) is 21.6. The average Bonchev–Trinajstić information content (AvgIpc) is 3.47. The topological polar surface area (TPSA) is 54.5 Å². The molecule has 1 unspecified atom stereocenters. The average molecular weight is 436 g/mol. The highest BCUT2D eigenvalue weighted by molar-refractivity contribution is 7.13. The van der Waals surface area contributed by atoms with E-state index < -0.39 is 0 Å². The van der Waals surface area contributed by atoms with Crippen molar-refractivity contribution in [3.63, 3.8) is 0 Å². The molecule has 31 heavy (non-hydrogen) atoms. The van der Waals surface area contributed by atoms with Gasteiger partial charge in [0.25, 0.3) is 0 Å². The number of rotatable bonds is 8. The second-order valence-electron chi connectivity index (χ2n) is 8.03. The van der Waals surface area contributed by atoms with Crippen LogP contribution < -0.4 is 10.1 Å². The first-order chi connectivity index (χ1) is 15.1. The number of aryl methyl sites for hydroxylation is 1. The van der Waals surface area contributed by atoms with Gasteiger partial charge in [0, 0.05) is 17.5 Å². The second kappa shape index (κ2) is 10.1. The molecule has 3 aromatic rings. The van der Waals surface area contributed by atoms with Crippen LogP contribution in [0.3, 0.4) is 0 Å². The minimum absolute atomic E-state index is 0.00758. The molecule has 2 aromatic carbocycles. The smallest absolute Gasteiger partial charge is 0.226 e. The lowest BCUT2D eigenvalue weighted by Crippen LogP contribution is -2.37. The normalized spacial score (nSPS) is 15.0. The van der Waals surface area contributed by atoms with Gasteiger partial charge in [-0.1, -0.05) is 35.9 Å². The van der Waals surface area contributed by atoms with Crippen molar-refractivity contribution in [3.05, 3.63) is 70.7 Å². The molecule has 0 aliphatic carbocycles. The van der Waals surface area contributed by atoms with Crippen LogP contribution in [0.1, 0.15) is 35.7 Å². The van der Waals surface area contributed by atoms with Crippen LogP contribution in [0.4, 0.5) is 0 Å². The number of thiazole rings is 1. The van der Waals surface area contributed by atoms with Crippen LogP contribution in [0.2, 0.25) is 0 Å². The summed E-state index contributed by atoms with van der Waals surface area (Å²) < 4.78 is 5.41. The summed E-state index contributed by atoms with van der Waals surface area (Å²) in [6.07, 6.45) is 2.71. The molecule has 0 bridgehead atoms. The first-order valence-corrected chi connectivity index (χ1v) is 11.7. The number of nitrogens with zero attached hydrogens (tertiary/aromatic N) is 2. The van der Waals surface area contributed by atoms with E-state index in [1.807, 2.05) is 23.6 Å². The summed E-state index contributed by atoms with van der Waals surface area (Å²) in [4.78, 5) is 19.8. The van der Waals surface area contributed by atoms with Crippen LogP contribution in [-0.4, -0.2) is 42.5 Å². The number of aromatic nitrogens is 1. The molecule has 1 saturated heterocycles. The van der Waals surface area contributed by atoms with Gasteiger partial charge in [0.1, 0.15) is 10.8 Å². The number of benzene rings is 2. The predicted octanol–water partition coefficient (Wildman–Crippen LogP) is 4.62. The van der Waals surface area contributed by atoms with Gasteiger partial charge < -0.3 is 10.1 Å². The molecular formula is C25H29N3O2S. The number of likely N-dealkylation sites (tertiary alicyclic amines) is 1. The molecular weight excluding hydrogens is 406 g/mol. The number of hydrogen-bond acceptors (Lipinski definition) is 5. The van der Waals surface area contributed by atoms with E-state index in [1.165, 1.54) is 24.0 Å². The molecule has 6 heteroatoms. The Morgan fingerprint density at radius 1 is 1.19 bits per heavy atom. The first kappa shape index (κ1) is 21.5. The van der Waals surface area contributed by atoms with Crippen LogP contribution in [0.15, 0.2) is 53.9 Å². The van der Waals surface area contributed by atoms with Gasteiger partial charge in [-0.25, -0.2) is 4.98 Å². The molecule has 162 valence electrons. The third kappa shape index (κ3) is 5.51. The maximum atomic E-state index is 12.7. The summed E-state index contributed by atoms with van der Waals surface area (Å²) in [7, 11) is 1.69. The molecule has 1 N–H and O–H groups in total. The Kier molecular flexibility index (Phi) is 6.99. The van der Waals surface area contributed by atoms with E-state index in [2.05, 4.69) is 52.5 Å². The summed E-state index contributed by atoms with van der Waals surface area (Å²) in [6.45, 7) is 4.78. The standard InChI is InChI=1S/C25H29N3O2S/c1-18-7-5-9-20(13-18)25-27-21(17-31-25)15-24(29)26-16-23(28-11-3-4-12-28)19-8-6-10-22(14-19)30-2/h5-10,13-14,17,23H,3-4,11-12,15-16H2,1-2H3,(H,26,29). The molecule has 0 saturated carbocycles. The van der Waals surface area contributed by atoms with Crippen LogP contribution in [-0.2, 0) is 11.2 Å². The van der Waals surface area contributed by atoms with Crippen molar-refractivity contribution in [2.24, 2.45) is 0 Å². The molecule has 1 aliphatic heterocycles. The molecule has 5 nitrogen and oxygen atoms in total. The Morgan fingerprint density at radius 2 is 2.00 bits per heavy atom. The molecule has 1 atom stereocenters. The zero-order valence-corrected chi connectivity index (χ0v) is 19.0. The Bertz CT molecular complexity index is 1030. The van der Waals surface area contributed by atoms with Crippen LogP contribution in [0.25, 0.3) is 10.6 Å². The highest BCUT2D eigenvalue weighted by Gasteiger charge is 2.24. The Labute approximate surface area is 188 Å². The summed E-state index contributed by atoms with van der Waals surface area (Å²) >= 11 is 1.59. The maximum absolute atomic E-state index is 12.7. The van der Waals surface area contributed by atoms with Gasteiger partial charge in [-0.2, -0.15) is 0 Å². The monoisotopic (exact) mass is 435 g/mol. The quantitative estimate of drug-likeness (QED) is 0.561. The van der Waals surface area contributed by atoms with Gasteiger partial charge in [-0.3, -0.25) is 9.69 Å². The lowest BCUT2D eigenvalue weighted by Gasteiger charge is -2.28. The van der Waals surface area contributed by atoms with Crippen molar-refractivity contribution < 1.29 is 9.53 Å². The maximum Gasteiger partial charge on any atom is 0.226 e. The second-order valence-corrected chi connectivity index (χ2v) is 8.89. The summed E-state index contributed by atoms with van der Waals surface area (Å²) in [5.74, 6) is 0.854. The summed E-state index contributed by atoms with van der Waals surface area (Å²) in [6, 6.07) is 16.6. The van der Waals surface area contributed by atoms with E-state index in [-0.39, 0.29) is 11.9 Å². The Morgan fingerprint density at radius 3 is 2.77 bits per heavy atom. The SMILES string of the molecule is COc1cccc(C(CNC(=O)Cc2csc(-c3cccc(C)c3)n2)N2CCCC2)c1. The van der Waals surface area contributed by atoms with E-state index in [9.17, 15) is 4.79 Å². The van der Waals surface area contributed by atoms with Crippen molar-refractivity contribution >= 4 is 17.2 Å². The van der Waals surface area contributed by atoms with Crippen molar-refractivity contribution in [1.82, 2.24) is 15.2 Å². The lowest BCUT2D eigenvalue weighted by molar-refractivity contribution is -0.120. The number of carbonyl (C=O) groups is 1. The fourth-order valence-corrected chi connectivity index (χ4v) is 4.91. The van der Waals surface area contributed by atoms with E-state index >= 15 is 0 Å². The Hall–Kier alpha value is -2.70. The summed E-state index contributed by atoms with van der Waals surface area (Å²) in [5.41, 5.74) is 4.30. The number of methoxy groups -OCH3 is 1. The molecule has 0 spiro atoms. The van der Waals surface area contributed by atoms with Gasteiger partial charge in [0.05, 0.1) is 25.3 Å².